The summed E-state index contributed by atoms with van der Waals surface area (Å²) < 4.78 is 10.5. The summed E-state index contributed by atoms with van der Waals surface area (Å²) in [5.74, 6) is 0.729. The van der Waals surface area contributed by atoms with Crippen molar-refractivity contribution in [2.45, 2.75) is 6.92 Å². The number of ether oxygens (including phenoxy) is 2. The Morgan fingerprint density at radius 2 is 1.88 bits per heavy atom. The van der Waals surface area contributed by atoms with Gasteiger partial charge in [0, 0.05) is 22.7 Å². The second-order valence-electron chi connectivity index (χ2n) is 5.50. The van der Waals surface area contributed by atoms with Gasteiger partial charge in [-0.05, 0) is 37.3 Å². The lowest BCUT2D eigenvalue weighted by atomic mass is 10.1. The summed E-state index contributed by atoms with van der Waals surface area (Å²) in [7, 11) is 3.08. The van der Waals surface area contributed by atoms with E-state index in [0.29, 0.717) is 28.0 Å². The lowest BCUT2D eigenvalue weighted by Crippen LogP contribution is -2.13. The Hall–Kier alpha value is -3.28. The second kappa shape index (κ2) is 6.68. The molecule has 128 valence electrons. The maximum Gasteiger partial charge on any atom is 0.256 e. The predicted molar refractivity (Wildman–Crippen MR) is 95.6 cm³/mol. The summed E-state index contributed by atoms with van der Waals surface area (Å²) in [5.41, 5.74) is 2.15. The standard InChI is InChI=1S/C19H18N2O4/c1-11-4-6-13-14(7-9-17(25-3)18(13)20-11)19(23)21-15-10-12(24-2)5-8-16(15)22/h4-10,22H,1-3H3,(H,21,23). The van der Waals surface area contributed by atoms with Gasteiger partial charge in [0.15, 0.2) is 0 Å². The highest BCUT2D eigenvalue weighted by Crippen LogP contribution is 2.31. The lowest BCUT2D eigenvalue weighted by molar-refractivity contribution is 0.102. The van der Waals surface area contributed by atoms with Crippen LogP contribution < -0.4 is 14.8 Å². The van der Waals surface area contributed by atoms with Crippen LogP contribution in [-0.2, 0) is 0 Å². The highest BCUT2D eigenvalue weighted by atomic mass is 16.5. The summed E-state index contributed by atoms with van der Waals surface area (Å²) in [5, 5.41) is 13.3. The molecule has 0 radical (unpaired) electrons. The van der Waals surface area contributed by atoms with Gasteiger partial charge in [0.1, 0.15) is 22.8 Å². The molecule has 0 saturated heterocycles. The molecule has 0 saturated carbocycles. The number of methoxy groups -OCH3 is 2. The number of pyridine rings is 1. The molecule has 25 heavy (non-hydrogen) atoms. The number of aryl methyl sites for hydroxylation is 1. The van der Waals surface area contributed by atoms with Crippen LogP contribution >= 0.6 is 0 Å². The van der Waals surface area contributed by atoms with Crippen molar-refractivity contribution in [1.82, 2.24) is 4.98 Å². The van der Waals surface area contributed by atoms with Gasteiger partial charge in [-0.3, -0.25) is 4.79 Å². The predicted octanol–water partition coefficient (Wildman–Crippen LogP) is 3.52. The topological polar surface area (TPSA) is 80.7 Å². The van der Waals surface area contributed by atoms with Crippen LogP contribution in [-0.4, -0.2) is 30.2 Å². The third-order valence-corrected chi connectivity index (χ3v) is 3.88. The Labute approximate surface area is 145 Å². The van der Waals surface area contributed by atoms with Crippen molar-refractivity contribution in [1.29, 1.82) is 0 Å². The largest absolute Gasteiger partial charge is 0.506 e. The number of phenols is 1. The lowest BCUT2D eigenvalue weighted by Gasteiger charge is -2.12. The van der Waals surface area contributed by atoms with E-state index < -0.39 is 0 Å². The third kappa shape index (κ3) is 3.19. The Kier molecular flexibility index (Phi) is 4.43. The van der Waals surface area contributed by atoms with Gasteiger partial charge in [-0.2, -0.15) is 0 Å². The van der Waals surface area contributed by atoms with E-state index >= 15 is 0 Å². The van der Waals surface area contributed by atoms with Crippen molar-refractivity contribution < 1.29 is 19.4 Å². The van der Waals surface area contributed by atoms with E-state index in [1.165, 1.54) is 13.2 Å². The minimum Gasteiger partial charge on any atom is -0.506 e. The molecule has 2 aromatic carbocycles. The Morgan fingerprint density at radius 1 is 1.08 bits per heavy atom. The van der Waals surface area contributed by atoms with Gasteiger partial charge in [-0.1, -0.05) is 6.07 Å². The Balaban J connectivity index is 2.03. The van der Waals surface area contributed by atoms with Crippen LogP contribution in [0.2, 0.25) is 0 Å². The zero-order valence-electron chi connectivity index (χ0n) is 14.2. The van der Waals surface area contributed by atoms with Crippen LogP contribution in [0, 0.1) is 6.92 Å². The average molecular weight is 338 g/mol. The number of carbonyl (C=O) groups excluding carboxylic acids is 1. The second-order valence-corrected chi connectivity index (χ2v) is 5.50. The van der Waals surface area contributed by atoms with Gasteiger partial charge < -0.3 is 19.9 Å². The number of fused-ring (bicyclic) bond motifs is 1. The van der Waals surface area contributed by atoms with E-state index in [2.05, 4.69) is 10.3 Å². The number of aromatic nitrogens is 1. The highest BCUT2D eigenvalue weighted by Gasteiger charge is 2.16. The Morgan fingerprint density at radius 3 is 2.60 bits per heavy atom. The Bertz CT molecular complexity index is 954. The minimum absolute atomic E-state index is 0.0408. The molecule has 3 rings (SSSR count). The molecule has 1 heterocycles. The quantitative estimate of drug-likeness (QED) is 0.712. The van der Waals surface area contributed by atoms with Gasteiger partial charge in [0.2, 0.25) is 0 Å². The van der Waals surface area contributed by atoms with Crippen LogP contribution in [0.5, 0.6) is 17.2 Å². The van der Waals surface area contributed by atoms with E-state index in [-0.39, 0.29) is 17.3 Å². The molecule has 3 aromatic rings. The van der Waals surface area contributed by atoms with Crippen LogP contribution in [0.3, 0.4) is 0 Å². The summed E-state index contributed by atoms with van der Waals surface area (Å²) in [6.07, 6.45) is 0. The highest BCUT2D eigenvalue weighted by molar-refractivity contribution is 6.13. The maximum atomic E-state index is 12.7. The molecule has 0 bridgehead atoms. The zero-order chi connectivity index (χ0) is 18.0. The summed E-state index contributed by atoms with van der Waals surface area (Å²) in [4.78, 5) is 17.2. The fourth-order valence-corrected chi connectivity index (χ4v) is 2.58. The summed E-state index contributed by atoms with van der Waals surface area (Å²) in [6, 6.07) is 11.7. The normalized spacial score (nSPS) is 10.5. The smallest absolute Gasteiger partial charge is 0.256 e. The number of phenolic OH excluding ortho intramolecular Hbond substituents is 1. The van der Waals surface area contributed by atoms with Crippen molar-refractivity contribution in [3.05, 3.63) is 53.7 Å². The van der Waals surface area contributed by atoms with Crippen LogP contribution in [0.25, 0.3) is 10.9 Å². The zero-order valence-corrected chi connectivity index (χ0v) is 14.2. The summed E-state index contributed by atoms with van der Waals surface area (Å²) >= 11 is 0. The van der Waals surface area contributed by atoms with Gasteiger partial charge in [-0.15, -0.1) is 0 Å². The van der Waals surface area contributed by atoms with Crippen LogP contribution in [0.15, 0.2) is 42.5 Å². The van der Waals surface area contributed by atoms with Crippen molar-refractivity contribution >= 4 is 22.5 Å². The first-order chi connectivity index (χ1) is 12.0. The number of hydrogen-bond donors (Lipinski definition) is 2. The van der Waals surface area contributed by atoms with E-state index in [4.69, 9.17) is 9.47 Å². The van der Waals surface area contributed by atoms with Crippen molar-refractivity contribution in [2.75, 3.05) is 19.5 Å². The molecular formula is C19H18N2O4. The minimum atomic E-state index is -0.359. The monoisotopic (exact) mass is 338 g/mol. The average Bonchev–Trinajstić information content (AvgIpc) is 2.62. The van der Waals surface area contributed by atoms with Crippen molar-refractivity contribution in [3.63, 3.8) is 0 Å². The fraction of sp³-hybridized carbons (Fsp3) is 0.158. The molecule has 0 aliphatic heterocycles. The maximum absolute atomic E-state index is 12.7. The number of hydrogen-bond acceptors (Lipinski definition) is 5. The number of aromatic hydroxyl groups is 1. The molecule has 2 N–H and O–H groups in total. The van der Waals surface area contributed by atoms with Gasteiger partial charge in [-0.25, -0.2) is 4.98 Å². The number of amides is 1. The molecule has 0 atom stereocenters. The van der Waals surface area contributed by atoms with E-state index in [9.17, 15) is 9.90 Å². The first-order valence-corrected chi connectivity index (χ1v) is 7.66. The SMILES string of the molecule is COc1ccc(O)c(NC(=O)c2ccc(OC)c3nc(C)ccc23)c1. The van der Waals surface area contributed by atoms with Crippen LogP contribution in [0.1, 0.15) is 16.1 Å². The molecule has 0 aliphatic rings. The number of anilines is 1. The molecule has 0 aliphatic carbocycles. The number of nitrogens with one attached hydrogen (secondary N) is 1. The van der Waals surface area contributed by atoms with Crippen LogP contribution in [0.4, 0.5) is 5.69 Å². The van der Waals surface area contributed by atoms with Crippen molar-refractivity contribution in [2.24, 2.45) is 0 Å². The molecule has 6 heteroatoms. The molecule has 1 amide bonds. The number of nitrogens with zero attached hydrogens (tertiary/aromatic N) is 1. The molecule has 0 spiro atoms. The number of carbonyl (C=O) groups is 1. The molecular weight excluding hydrogens is 320 g/mol. The van der Waals surface area contributed by atoms with E-state index in [0.717, 1.165) is 5.69 Å². The van der Waals surface area contributed by atoms with E-state index in [1.807, 2.05) is 19.1 Å². The molecule has 0 fully saturated rings. The first kappa shape index (κ1) is 16.6. The molecule has 0 unspecified atom stereocenters. The molecule has 6 nitrogen and oxygen atoms in total. The summed E-state index contributed by atoms with van der Waals surface area (Å²) in [6.45, 7) is 1.87. The van der Waals surface area contributed by atoms with E-state index in [1.54, 1.807) is 31.4 Å². The third-order valence-electron chi connectivity index (χ3n) is 3.88. The van der Waals surface area contributed by atoms with Gasteiger partial charge in [0.25, 0.3) is 5.91 Å². The fourth-order valence-electron chi connectivity index (χ4n) is 2.58. The number of benzene rings is 2. The first-order valence-electron chi connectivity index (χ1n) is 7.66. The molecule has 1 aromatic heterocycles. The van der Waals surface area contributed by atoms with Crippen molar-refractivity contribution in [3.8, 4) is 17.2 Å². The number of rotatable bonds is 4. The van der Waals surface area contributed by atoms with Gasteiger partial charge in [0.05, 0.1) is 19.9 Å². The van der Waals surface area contributed by atoms with Gasteiger partial charge >= 0.3 is 0 Å².